The molecule has 82 valence electrons. The largest absolute Gasteiger partial charge is 0.337 e. The Morgan fingerprint density at radius 3 is 2.13 bits per heavy atom. The second kappa shape index (κ2) is 5.36. The molecule has 0 unspecified atom stereocenters. The number of hydrogen-bond acceptors (Lipinski definition) is 1. The molecule has 0 N–H and O–H groups in total. The number of rotatable bonds is 4. The highest BCUT2D eigenvalue weighted by Crippen LogP contribution is 2.03. The monoisotopic (exact) mass is 203 g/mol. The summed E-state index contributed by atoms with van der Waals surface area (Å²) in [7, 11) is 1.05. The van der Waals surface area contributed by atoms with Crippen LogP contribution in [0.4, 0.5) is 0 Å². The summed E-state index contributed by atoms with van der Waals surface area (Å²) in [5.74, 6) is 0. The van der Waals surface area contributed by atoms with Gasteiger partial charge in [-0.1, -0.05) is 63.0 Å². The maximum Gasteiger partial charge on any atom is 0.239 e. The standard InChI is InChI=1S/C13H22BN/c1-10(2)15(11(3)4)14-13-8-6-7-12(5)9-13/h6-11,14H,1-5H3. The summed E-state index contributed by atoms with van der Waals surface area (Å²) < 4.78 is 0. The molecular weight excluding hydrogens is 181 g/mol. The van der Waals surface area contributed by atoms with E-state index < -0.39 is 0 Å². The van der Waals surface area contributed by atoms with Crippen LogP contribution in [0.25, 0.3) is 0 Å². The van der Waals surface area contributed by atoms with Crippen LogP contribution in [0, 0.1) is 6.92 Å². The molecule has 2 heteroatoms. The van der Waals surface area contributed by atoms with E-state index >= 15 is 0 Å². The smallest absolute Gasteiger partial charge is 0.239 e. The first kappa shape index (κ1) is 12.3. The fourth-order valence-corrected chi connectivity index (χ4v) is 1.98. The number of nitrogens with zero attached hydrogens (tertiary/aromatic N) is 1. The highest BCUT2D eigenvalue weighted by Gasteiger charge is 2.14. The first-order valence-electron chi connectivity index (χ1n) is 5.82. The number of aryl methyl sites for hydroxylation is 1. The summed E-state index contributed by atoms with van der Waals surface area (Å²) in [6.45, 7) is 11.2. The van der Waals surface area contributed by atoms with Gasteiger partial charge in [-0.05, 0) is 19.0 Å². The van der Waals surface area contributed by atoms with E-state index in [1.54, 1.807) is 0 Å². The highest BCUT2D eigenvalue weighted by atomic mass is 15.1. The Balaban J connectivity index is 2.74. The van der Waals surface area contributed by atoms with Crippen LogP contribution in [0.1, 0.15) is 33.3 Å². The molecule has 1 nitrogen and oxygen atoms in total. The quantitative estimate of drug-likeness (QED) is 0.677. The average molecular weight is 203 g/mol. The molecule has 1 aromatic carbocycles. The van der Waals surface area contributed by atoms with E-state index in [-0.39, 0.29) is 0 Å². The molecule has 0 saturated heterocycles. The van der Waals surface area contributed by atoms with Crippen LogP contribution in [0.3, 0.4) is 0 Å². The molecule has 0 atom stereocenters. The van der Waals surface area contributed by atoms with Crippen LogP contribution in [-0.4, -0.2) is 24.3 Å². The number of benzene rings is 1. The maximum atomic E-state index is 2.51. The normalized spacial score (nSPS) is 11.5. The molecule has 0 spiro atoms. The molecule has 15 heavy (non-hydrogen) atoms. The molecule has 0 heterocycles. The van der Waals surface area contributed by atoms with Crippen molar-refractivity contribution in [2.75, 3.05) is 0 Å². The van der Waals surface area contributed by atoms with Gasteiger partial charge in [0, 0.05) is 0 Å². The maximum absolute atomic E-state index is 2.51. The Morgan fingerprint density at radius 1 is 1.07 bits per heavy atom. The molecule has 0 aliphatic rings. The lowest BCUT2D eigenvalue weighted by Gasteiger charge is -2.30. The van der Waals surface area contributed by atoms with Crippen molar-refractivity contribution in [2.45, 2.75) is 46.7 Å². The van der Waals surface area contributed by atoms with E-state index in [1.165, 1.54) is 11.0 Å². The van der Waals surface area contributed by atoms with Gasteiger partial charge in [-0.25, -0.2) is 0 Å². The lowest BCUT2D eigenvalue weighted by atomic mass is 9.77. The van der Waals surface area contributed by atoms with E-state index in [2.05, 4.69) is 63.7 Å². The summed E-state index contributed by atoms with van der Waals surface area (Å²) in [4.78, 5) is 2.51. The minimum absolute atomic E-state index is 0.602. The predicted octanol–water partition coefficient (Wildman–Crippen LogP) is 2.09. The first-order valence-corrected chi connectivity index (χ1v) is 5.82. The summed E-state index contributed by atoms with van der Waals surface area (Å²) >= 11 is 0. The fraction of sp³-hybridized carbons (Fsp3) is 0.538. The molecule has 0 bridgehead atoms. The van der Waals surface area contributed by atoms with Crippen LogP contribution in [0.15, 0.2) is 24.3 Å². The highest BCUT2D eigenvalue weighted by molar-refractivity contribution is 6.50. The van der Waals surface area contributed by atoms with Gasteiger partial charge < -0.3 is 4.81 Å². The Labute approximate surface area is 94.8 Å². The van der Waals surface area contributed by atoms with Gasteiger partial charge >= 0.3 is 0 Å². The summed E-state index contributed by atoms with van der Waals surface area (Å²) in [5, 5.41) is 0. The van der Waals surface area contributed by atoms with Crippen molar-refractivity contribution in [3.63, 3.8) is 0 Å². The van der Waals surface area contributed by atoms with Gasteiger partial charge in [-0.3, -0.25) is 0 Å². The predicted molar refractivity (Wildman–Crippen MR) is 70.1 cm³/mol. The van der Waals surface area contributed by atoms with Gasteiger partial charge in [0.25, 0.3) is 0 Å². The molecule has 0 aromatic heterocycles. The van der Waals surface area contributed by atoms with E-state index in [1.807, 2.05) is 0 Å². The third-order valence-corrected chi connectivity index (χ3v) is 2.77. The Hall–Kier alpha value is -0.755. The van der Waals surface area contributed by atoms with Crippen LogP contribution >= 0.6 is 0 Å². The SMILES string of the molecule is Cc1cccc(BN(C(C)C)C(C)C)c1. The van der Waals surface area contributed by atoms with Crippen molar-refractivity contribution in [2.24, 2.45) is 0 Å². The zero-order valence-electron chi connectivity index (χ0n) is 10.6. The van der Waals surface area contributed by atoms with Crippen molar-refractivity contribution in [1.82, 2.24) is 4.81 Å². The molecule has 0 fully saturated rings. The van der Waals surface area contributed by atoms with E-state index in [4.69, 9.17) is 0 Å². The number of hydrogen-bond donors (Lipinski definition) is 0. The topological polar surface area (TPSA) is 3.24 Å². The minimum atomic E-state index is 0.602. The van der Waals surface area contributed by atoms with Crippen molar-refractivity contribution < 1.29 is 0 Å². The van der Waals surface area contributed by atoms with Gasteiger partial charge in [-0.2, -0.15) is 0 Å². The van der Waals surface area contributed by atoms with Crippen LogP contribution < -0.4 is 5.46 Å². The fourth-order valence-electron chi connectivity index (χ4n) is 1.98. The average Bonchev–Trinajstić information content (AvgIpc) is 2.13. The zero-order chi connectivity index (χ0) is 11.4. The van der Waals surface area contributed by atoms with Crippen molar-refractivity contribution in [3.05, 3.63) is 29.8 Å². The van der Waals surface area contributed by atoms with Crippen molar-refractivity contribution in [3.8, 4) is 0 Å². The minimum Gasteiger partial charge on any atom is -0.337 e. The van der Waals surface area contributed by atoms with E-state index in [0.29, 0.717) is 12.1 Å². The second-order valence-corrected chi connectivity index (χ2v) is 4.85. The second-order valence-electron chi connectivity index (χ2n) is 4.85. The van der Waals surface area contributed by atoms with Gasteiger partial charge in [-0.15, -0.1) is 0 Å². The van der Waals surface area contributed by atoms with E-state index in [9.17, 15) is 0 Å². The van der Waals surface area contributed by atoms with Gasteiger partial charge in [0.05, 0.1) is 0 Å². The summed E-state index contributed by atoms with van der Waals surface area (Å²) in [6.07, 6.45) is 0. The van der Waals surface area contributed by atoms with Crippen molar-refractivity contribution in [1.29, 1.82) is 0 Å². The Bertz CT molecular complexity index is 299. The lowest BCUT2D eigenvalue weighted by molar-refractivity contribution is 0.315. The van der Waals surface area contributed by atoms with Gasteiger partial charge in [0.2, 0.25) is 7.41 Å². The Morgan fingerprint density at radius 2 is 1.67 bits per heavy atom. The molecular formula is C13H22BN. The molecule has 0 radical (unpaired) electrons. The Kier molecular flexibility index (Phi) is 4.40. The molecule has 0 aliphatic carbocycles. The van der Waals surface area contributed by atoms with Crippen LogP contribution in [-0.2, 0) is 0 Å². The van der Waals surface area contributed by atoms with Gasteiger partial charge in [0.1, 0.15) is 0 Å². The van der Waals surface area contributed by atoms with Crippen LogP contribution in [0.2, 0.25) is 0 Å². The summed E-state index contributed by atoms with van der Waals surface area (Å²) in [5.41, 5.74) is 2.76. The third kappa shape index (κ3) is 3.71. The van der Waals surface area contributed by atoms with E-state index in [0.717, 1.165) is 7.41 Å². The summed E-state index contributed by atoms with van der Waals surface area (Å²) in [6, 6.07) is 9.99. The lowest BCUT2D eigenvalue weighted by Crippen LogP contribution is -2.45. The molecule has 0 amide bonds. The van der Waals surface area contributed by atoms with Gasteiger partial charge in [0.15, 0.2) is 0 Å². The van der Waals surface area contributed by atoms with Crippen molar-refractivity contribution >= 4 is 12.9 Å². The van der Waals surface area contributed by atoms with Crippen LogP contribution in [0.5, 0.6) is 0 Å². The molecule has 1 aromatic rings. The third-order valence-electron chi connectivity index (χ3n) is 2.77. The first-order chi connectivity index (χ1) is 7.00. The zero-order valence-corrected chi connectivity index (χ0v) is 10.6. The molecule has 0 saturated carbocycles. The molecule has 1 rings (SSSR count). The molecule has 0 aliphatic heterocycles.